The molecule has 2 aromatic rings. The van der Waals surface area contributed by atoms with Gasteiger partial charge < -0.3 is 31.3 Å². The van der Waals surface area contributed by atoms with Crippen LogP contribution in [-0.4, -0.2) is 87.7 Å². The zero-order chi connectivity index (χ0) is 28.1. The van der Waals surface area contributed by atoms with E-state index in [1.54, 1.807) is 19.2 Å². The molecule has 2 fully saturated rings. The first-order chi connectivity index (χ1) is 18.7. The third kappa shape index (κ3) is 6.39. The fraction of sp³-hybridized carbons (Fsp3) is 0.448. The van der Waals surface area contributed by atoms with Crippen LogP contribution in [0.15, 0.2) is 54.6 Å². The molecule has 39 heavy (non-hydrogen) atoms. The molecule has 4 rings (SSSR count). The van der Waals surface area contributed by atoms with E-state index in [0.29, 0.717) is 38.8 Å². The highest BCUT2D eigenvalue weighted by atomic mass is 16.3. The number of carbonyl (C=O) groups is 4. The second-order valence-corrected chi connectivity index (χ2v) is 10.4. The van der Waals surface area contributed by atoms with Crippen molar-refractivity contribution in [3.05, 3.63) is 65.7 Å². The van der Waals surface area contributed by atoms with Crippen molar-refractivity contribution in [2.45, 2.75) is 62.7 Å². The number of nitrogens with zero attached hydrogens (tertiary/aromatic N) is 3. The van der Waals surface area contributed by atoms with Gasteiger partial charge in [-0.3, -0.25) is 19.2 Å². The van der Waals surface area contributed by atoms with E-state index in [1.807, 2.05) is 30.3 Å². The third-order valence-electron chi connectivity index (χ3n) is 7.77. The number of likely N-dealkylation sites (tertiary alicyclic amines) is 2. The average Bonchev–Trinajstić information content (AvgIpc) is 3.62. The van der Waals surface area contributed by atoms with Gasteiger partial charge in [-0.15, -0.1) is 0 Å². The Hall–Kier alpha value is -3.92. The molecule has 4 atom stereocenters. The molecule has 0 aromatic heterocycles. The number of amides is 4. The number of phenols is 1. The number of phenolic OH excluding ortho intramolecular Hbond substituents is 1. The molecule has 0 spiro atoms. The summed E-state index contributed by atoms with van der Waals surface area (Å²) in [5, 5.41) is 9.51. The maximum absolute atomic E-state index is 13.8. The lowest BCUT2D eigenvalue weighted by molar-refractivity contribution is -0.151. The average molecular weight is 536 g/mol. The van der Waals surface area contributed by atoms with Crippen molar-refractivity contribution in [2.24, 2.45) is 11.5 Å². The maximum Gasteiger partial charge on any atom is 0.246 e. The van der Waals surface area contributed by atoms with E-state index in [1.165, 1.54) is 26.8 Å². The monoisotopic (exact) mass is 535 g/mol. The topological polar surface area (TPSA) is 150 Å². The van der Waals surface area contributed by atoms with E-state index in [-0.39, 0.29) is 36.3 Å². The van der Waals surface area contributed by atoms with Crippen molar-refractivity contribution in [1.82, 2.24) is 14.7 Å². The van der Waals surface area contributed by atoms with Crippen LogP contribution >= 0.6 is 0 Å². The lowest BCUT2D eigenvalue weighted by Crippen LogP contribution is -2.58. The van der Waals surface area contributed by atoms with Gasteiger partial charge in [-0.1, -0.05) is 42.5 Å². The third-order valence-corrected chi connectivity index (χ3v) is 7.77. The Morgan fingerprint density at radius 2 is 1.44 bits per heavy atom. The number of aromatic hydroxyl groups is 1. The highest BCUT2D eigenvalue weighted by molar-refractivity contribution is 5.95. The van der Waals surface area contributed by atoms with E-state index in [9.17, 15) is 24.3 Å². The number of carbonyl (C=O) groups excluding carboxylic acids is 4. The Balaban J connectivity index is 1.52. The van der Waals surface area contributed by atoms with E-state index in [4.69, 9.17) is 11.5 Å². The molecule has 4 amide bonds. The standard InChI is InChI=1S/C29H37N5O5/c1-32(25(18-19-7-3-2-4-8-19)29(39)33-15-5-9-23(33)26(31)36)28(38)24-10-6-16-34(24)27(37)22(30)17-20-11-13-21(35)14-12-20/h2-4,7-8,11-14,22-25,35H,5-6,9-10,15-18,30H2,1H3,(H2,31,36)/t22-,23+,24+,25+/m1/s1. The number of primary amides is 1. The number of hydrogen-bond donors (Lipinski definition) is 3. The molecular weight excluding hydrogens is 498 g/mol. The SMILES string of the molecule is CN(C(=O)[C@@H]1CCCN1C(=O)[C@H](N)Cc1ccc(O)cc1)[C@@H](Cc1ccccc1)C(=O)N1CCC[C@H]1C(N)=O. The zero-order valence-corrected chi connectivity index (χ0v) is 22.2. The van der Waals surface area contributed by atoms with Crippen molar-refractivity contribution >= 4 is 23.6 Å². The molecule has 0 bridgehead atoms. The number of likely N-dealkylation sites (N-methyl/N-ethyl adjacent to an activating group) is 1. The molecule has 0 saturated carbocycles. The van der Waals surface area contributed by atoms with Crippen molar-refractivity contribution in [2.75, 3.05) is 20.1 Å². The number of benzene rings is 2. The Kier molecular flexibility index (Phi) is 8.86. The molecular formula is C29H37N5O5. The summed E-state index contributed by atoms with van der Waals surface area (Å²) in [6, 6.07) is 12.8. The van der Waals surface area contributed by atoms with Crippen molar-refractivity contribution in [3.63, 3.8) is 0 Å². The highest BCUT2D eigenvalue weighted by Crippen LogP contribution is 2.25. The van der Waals surface area contributed by atoms with Gasteiger partial charge in [0, 0.05) is 26.6 Å². The molecule has 10 heteroatoms. The van der Waals surface area contributed by atoms with E-state index in [2.05, 4.69) is 0 Å². The minimum Gasteiger partial charge on any atom is -0.508 e. The van der Waals surface area contributed by atoms with Crippen molar-refractivity contribution < 1.29 is 24.3 Å². The van der Waals surface area contributed by atoms with Crippen molar-refractivity contribution in [1.29, 1.82) is 0 Å². The second-order valence-electron chi connectivity index (χ2n) is 10.4. The van der Waals surface area contributed by atoms with E-state index >= 15 is 0 Å². The Morgan fingerprint density at radius 3 is 2.05 bits per heavy atom. The molecule has 2 aromatic carbocycles. The van der Waals surface area contributed by atoms with Gasteiger partial charge in [0.1, 0.15) is 23.9 Å². The smallest absolute Gasteiger partial charge is 0.246 e. The molecule has 2 saturated heterocycles. The van der Waals surface area contributed by atoms with Crippen LogP contribution in [-0.2, 0) is 32.0 Å². The number of hydrogen-bond acceptors (Lipinski definition) is 6. The molecule has 208 valence electrons. The minimum atomic E-state index is -0.858. The molecule has 0 aliphatic carbocycles. The molecule has 5 N–H and O–H groups in total. The number of rotatable bonds is 9. The Labute approximate surface area is 228 Å². The Bertz CT molecular complexity index is 1190. The first-order valence-corrected chi connectivity index (χ1v) is 13.4. The van der Waals surface area contributed by atoms with Crippen LogP contribution in [0.1, 0.15) is 36.8 Å². The highest BCUT2D eigenvalue weighted by Gasteiger charge is 2.43. The van der Waals surface area contributed by atoms with Crippen LogP contribution in [0.3, 0.4) is 0 Å². The summed E-state index contributed by atoms with van der Waals surface area (Å²) in [7, 11) is 1.58. The first kappa shape index (κ1) is 28.1. The Morgan fingerprint density at radius 1 is 0.872 bits per heavy atom. The first-order valence-electron chi connectivity index (χ1n) is 13.4. The summed E-state index contributed by atoms with van der Waals surface area (Å²) < 4.78 is 0. The molecule has 0 radical (unpaired) electrons. The second kappa shape index (κ2) is 12.3. The van der Waals surface area contributed by atoms with Crippen LogP contribution in [0, 0.1) is 0 Å². The lowest BCUT2D eigenvalue weighted by Gasteiger charge is -2.36. The van der Waals surface area contributed by atoms with Gasteiger partial charge in [-0.2, -0.15) is 0 Å². The van der Waals surface area contributed by atoms with Crippen LogP contribution in [0.2, 0.25) is 0 Å². The van der Waals surface area contributed by atoms with Gasteiger partial charge in [0.15, 0.2) is 0 Å². The summed E-state index contributed by atoms with van der Waals surface area (Å²) in [5.41, 5.74) is 13.5. The summed E-state index contributed by atoms with van der Waals surface area (Å²) in [4.78, 5) is 57.4. The molecule has 0 unspecified atom stereocenters. The minimum absolute atomic E-state index is 0.127. The fourth-order valence-corrected chi connectivity index (χ4v) is 5.61. The van der Waals surface area contributed by atoms with Crippen LogP contribution < -0.4 is 11.5 Å². The van der Waals surface area contributed by atoms with Gasteiger partial charge in [0.25, 0.3) is 0 Å². The predicted octanol–water partition coefficient (Wildman–Crippen LogP) is 0.799. The van der Waals surface area contributed by atoms with Gasteiger partial charge in [-0.05, 0) is 55.4 Å². The van der Waals surface area contributed by atoms with Crippen LogP contribution in [0.4, 0.5) is 0 Å². The predicted molar refractivity (Wildman–Crippen MR) is 145 cm³/mol. The summed E-state index contributed by atoms with van der Waals surface area (Å²) in [5.74, 6) is -1.41. The lowest BCUT2D eigenvalue weighted by atomic mass is 10.0. The molecule has 2 heterocycles. The van der Waals surface area contributed by atoms with Crippen LogP contribution in [0.5, 0.6) is 5.75 Å². The molecule has 2 aliphatic heterocycles. The zero-order valence-electron chi connectivity index (χ0n) is 22.2. The number of nitrogens with two attached hydrogens (primary N) is 2. The normalized spacial score (nSPS) is 20.5. The molecule has 10 nitrogen and oxygen atoms in total. The van der Waals surface area contributed by atoms with Crippen LogP contribution in [0.25, 0.3) is 0 Å². The van der Waals surface area contributed by atoms with Gasteiger partial charge in [-0.25, -0.2) is 0 Å². The maximum atomic E-state index is 13.8. The fourth-order valence-electron chi connectivity index (χ4n) is 5.61. The summed E-state index contributed by atoms with van der Waals surface area (Å²) in [6.07, 6.45) is 2.82. The quantitative estimate of drug-likeness (QED) is 0.432. The summed E-state index contributed by atoms with van der Waals surface area (Å²) >= 11 is 0. The summed E-state index contributed by atoms with van der Waals surface area (Å²) in [6.45, 7) is 0.805. The largest absolute Gasteiger partial charge is 0.508 e. The van der Waals surface area contributed by atoms with Gasteiger partial charge in [0.2, 0.25) is 23.6 Å². The van der Waals surface area contributed by atoms with E-state index in [0.717, 1.165) is 11.1 Å². The van der Waals surface area contributed by atoms with Gasteiger partial charge >= 0.3 is 0 Å². The molecule has 2 aliphatic rings. The van der Waals surface area contributed by atoms with Gasteiger partial charge in [0.05, 0.1) is 6.04 Å². The van der Waals surface area contributed by atoms with Crippen molar-refractivity contribution in [3.8, 4) is 5.75 Å². The van der Waals surface area contributed by atoms with E-state index < -0.39 is 30.1 Å².